The third-order valence-corrected chi connectivity index (χ3v) is 5.59. The van der Waals surface area contributed by atoms with Crippen molar-refractivity contribution in [1.82, 2.24) is 4.90 Å². The van der Waals surface area contributed by atoms with E-state index in [1.807, 2.05) is 24.8 Å². The largest absolute Gasteiger partial charge is 0.466 e. The van der Waals surface area contributed by atoms with Gasteiger partial charge < -0.3 is 9.64 Å². The van der Waals surface area contributed by atoms with Gasteiger partial charge in [0.2, 0.25) is 0 Å². The van der Waals surface area contributed by atoms with Crippen LogP contribution in [0.3, 0.4) is 0 Å². The van der Waals surface area contributed by atoms with Crippen molar-refractivity contribution in [2.75, 3.05) is 19.7 Å². The third kappa shape index (κ3) is 3.41. The summed E-state index contributed by atoms with van der Waals surface area (Å²) in [6, 6.07) is 1.91. The Morgan fingerprint density at radius 3 is 2.60 bits per heavy atom. The Hall–Kier alpha value is -0.880. The first-order chi connectivity index (χ1) is 9.52. The second-order valence-electron chi connectivity index (χ2n) is 4.89. The maximum absolute atomic E-state index is 12.4. The lowest BCUT2D eigenvalue weighted by molar-refractivity contribution is -0.149. The predicted molar refractivity (Wildman–Crippen MR) is 82.0 cm³/mol. The Labute approximate surface area is 131 Å². The van der Waals surface area contributed by atoms with Crippen molar-refractivity contribution in [2.24, 2.45) is 5.92 Å². The summed E-state index contributed by atoms with van der Waals surface area (Å²) < 4.78 is 6.04. The van der Waals surface area contributed by atoms with Gasteiger partial charge in [-0.1, -0.05) is 0 Å². The highest BCUT2D eigenvalue weighted by Gasteiger charge is 2.29. The number of ether oxygens (including phenoxy) is 1. The number of aryl methyl sites for hydroxylation is 1. The van der Waals surface area contributed by atoms with Gasteiger partial charge in [-0.15, -0.1) is 11.3 Å². The Morgan fingerprint density at radius 1 is 1.45 bits per heavy atom. The summed E-state index contributed by atoms with van der Waals surface area (Å²) in [7, 11) is 0. The minimum absolute atomic E-state index is 0.0594. The quantitative estimate of drug-likeness (QED) is 0.778. The van der Waals surface area contributed by atoms with Gasteiger partial charge in [0, 0.05) is 13.1 Å². The zero-order chi connectivity index (χ0) is 14.7. The number of halogens is 1. The minimum atomic E-state index is -0.130. The normalized spacial score (nSPS) is 16.2. The highest BCUT2D eigenvalue weighted by molar-refractivity contribution is 9.11. The first-order valence-electron chi connectivity index (χ1n) is 6.74. The maximum Gasteiger partial charge on any atom is 0.309 e. The molecule has 1 aliphatic heterocycles. The molecule has 0 N–H and O–H groups in total. The van der Waals surface area contributed by atoms with E-state index in [-0.39, 0.29) is 17.8 Å². The van der Waals surface area contributed by atoms with E-state index in [1.165, 1.54) is 11.3 Å². The first kappa shape index (κ1) is 15.5. The molecule has 1 saturated heterocycles. The van der Waals surface area contributed by atoms with Gasteiger partial charge in [-0.05, 0) is 54.2 Å². The zero-order valence-corrected chi connectivity index (χ0v) is 14.1. The van der Waals surface area contributed by atoms with Gasteiger partial charge >= 0.3 is 5.97 Å². The molecule has 0 unspecified atom stereocenters. The van der Waals surface area contributed by atoms with Gasteiger partial charge in [0.25, 0.3) is 5.91 Å². The Bertz CT molecular complexity index is 487. The van der Waals surface area contributed by atoms with Gasteiger partial charge in [0.1, 0.15) is 0 Å². The van der Waals surface area contributed by atoms with E-state index < -0.39 is 0 Å². The van der Waals surface area contributed by atoms with Crippen LogP contribution in [0.1, 0.15) is 35.0 Å². The second-order valence-corrected chi connectivity index (χ2v) is 7.26. The van der Waals surface area contributed by atoms with Crippen molar-refractivity contribution in [1.29, 1.82) is 0 Å². The number of carbonyl (C=O) groups is 2. The van der Waals surface area contributed by atoms with Crippen LogP contribution in [-0.4, -0.2) is 36.5 Å². The predicted octanol–water partition coefficient (Wildman–Crippen LogP) is 3.23. The molecule has 0 saturated carbocycles. The lowest BCUT2D eigenvalue weighted by Crippen LogP contribution is -2.40. The monoisotopic (exact) mass is 359 g/mol. The van der Waals surface area contributed by atoms with E-state index in [0.717, 1.165) is 14.2 Å². The number of esters is 1. The van der Waals surface area contributed by atoms with Gasteiger partial charge in [0.05, 0.1) is 21.2 Å². The van der Waals surface area contributed by atoms with Crippen molar-refractivity contribution >= 4 is 39.1 Å². The summed E-state index contributed by atoms with van der Waals surface area (Å²) >= 11 is 4.91. The van der Waals surface area contributed by atoms with Crippen molar-refractivity contribution in [3.05, 3.63) is 20.3 Å². The van der Waals surface area contributed by atoms with Crippen LogP contribution in [-0.2, 0) is 9.53 Å². The van der Waals surface area contributed by atoms with Crippen LogP contribution in [0.5, 0.6) is 0 Å². The molecule has 0 bridgehead atoms. The van der Waals surface area contributed by atoms with Crippen molar-refractivity contribution in [3.63, 3.8) is 0 Å². The SMILES string of the molecule is CCOC(=O)C1CCN(C(=O)c2cc(C)c(Br)s2)CC1. The van der Waals surface area contributed by atoms with Crippen LogP contribution < -0.4 is 0 Å². The Balaban J connectivity index is 1.93. The molecule has 0 aromatic carbocycles. The van der Waals surface area contributed by atoms with Crippen molar-refractivity contribution in [3.8, 4) is 0 Å². The lowest BCUT2D eigenvalue weighted by Gasteiger charge is -2.30. The molecule has 0 aliphatic carbocycles. The average molecular weight is 360 g/mol. The second kappa shape index (κ2) is 6.72. The van der Waals surface area contributed by atoms with Crippen LogP contribution in [0, 0.1) is 12.8 Å². The van der Waals surface area contributed by atoms with Crippen LogP contribution in [0.2, 0.25) is 0 Å². The summed E-state index contributed by atoms with van der Waals surface area (Å²) in [6.07, 6.45) is 1.38. The summed E-state index contributed by atoms with van der Waals surface area (Å²) in [5.74, 6) is -0.128. The molecule has 6 heteroatoms. The van der Waals surface area contributed by atoms with Crippen molar-refractivity contribution in [2.45, 2.75) is 26.7 Å². The van der Waals surface area contributed by atoms with E-state index in [1.54, 1.807) is 0 Å². The van der Waals surface area contributed by atoms with Crippen LogP contribution in [0.4, 0.5) is 0 Å². The van der Waals surface area contributed by atoms with Crippen LogP contribution in [0.15, 0.2) is 9.85 Å². The molecule has 1 fully saturated rings. The van der Waals surface area contributed by atoms with Gasteiger partial charge in [0.15, 0.2) is 0 Å². The summed E-state index contributed by atoms with van der Waals surface area (Å²) in [6.45, 7) is 5.45. The highest BCUT2D eigenvalue weighted by Crippen LogP contribution is 2.29. The molecular weight excluding hydrogens is 342 g/mol. The molecule has 0 spiro atoms. The molecule has 110 valence electrons. The molecule has 1 amide bonds. The van der Waals surface area contributed by atoms with Crippen molar-refractivity contribution < 1.29 is 14.3 Å². The highest BCUT2D eigenvalue weighted by atomic mass is 79.9. The number of thiophene rings is 1. The first-order valence-corrected chi connectivity index (χ1v) is 8.35. The number of hydrogen-bond donors (Lipinski definition) is 0. The molecule has 2 rings (SSSR count). The number of hydrogen-bond acceptors (Lipinski definition) is 4. The smallest absolute Gasteiger partial charge is 0.309 e. The van der Waals surface area contributed by atoms with E-state index in [0.29, 0.717) is 32.5 Å². The topological polar surface area (TPSA) is 46.6 Å². The zero-order valence-electron chi connectivity index (χ0n) is 11.6. The fraction of sp³-hybridized carbons (Fsp3) is 0.571. The number of nitrogens with zero attached hydrogens (tertiary/aromatic N) is 1. The molecule has 4 nitrogen and oxygen atoms in total. The minimum Gasteiger partial charge on any atom is -0.466 e. The fourth-order valence-electron chi connectivity index (χ4n) is 2.30. The number of carbonyl (C=O) groups excluding carboxylic acids is 2. The lowest BCUT2D eigenvalue weighted by atomic mass is 9.97. The molecule has 0 radical (unpaired) electrons. The summed E-state index contributed by atoms with van der Waals surface area (Å²) in [4.78, 5) is 26.6. The van der Waals surface area contributed by atoms with Gasteiger partial charge in [-0.2, -0.15) is 0 Å². The number of likely N-dealkylation sites (tertiary alicyclic amines) is 1. The molecule has 1 aliphatic rings. The molecule has 0 atom stereocenters. The molecule has 1 aromatic heterocycles. The number of piperidine rings is 1. The molecule has 2 heterocycles. The summed E-state index contributed by atoms with van der Waals surface area (Å²) in [5.41, 5.74) is 1.08. The fourth-order valence-corrected chi connectivity index (χ4v) is 3.80. The Morgan fingerprint density at radius 2 is 2.10 bits per heavy atom. The number of rotatable bonds is 3. The average Bonchev–Trinajstić information content (AvgIpc) is 2.78. The molecule has 20 heavy (non-hydrogen) atoms. The summed E-state index contributed by atoms with van der Waals surface area (Å²) in [5, 5.41) is 0. The van der Waals surface area contributed by atoms with E-state index in [9.17, 15) is 9.59 Å². The number of amides is 1. The van der Waals surface area contributed by atoms with Crippen LogP contribution in [0.25, 0.3) is 0 Å². The van der Waals surface area contributed by atoms with E-state index >= 15 is 0 Å². The molecule has 1 aromatic rings. The van der Waals surface area contributed by atoms with Crippen LogP contribution >= 0.6 is 27.3 Å². The van der Waals surface area contributed by atoms with Gasteiger partial charge in [-0.3, -0.25) is 9.59 Å². The Kier molecular flexibility index (Phi) is 5.21. The van der Waals surface area contributed by atoms with E-state index in [4.69, 9.17) is 4.74 Å². The van der Waals surface area contributed by atoms with Gasteiger partial charge in [-0.25, -0.2) is 0 Å². The maximum atomic E-state index is 12.4. The molecular formula is C14H18BrNO3S. The standard InChI is InChI=1S/C14H18BrNO3S/c1-3-19-14(18)10-4-6-16(7-5-10)13(17)11-8-9(2)12(15)20-11/h8,10H,3-7H2,1-2H3. The third-order valence-electron chi connectivity index (χ3n) is 3.47. The van der Waals surface area contributed by atoms with E-state index in [2.05, 4.69) is 15.9 Å².